The van der Waals surface area contributed by atoms with Crippen molar-refractivity contribution in [2.24, 2.45) is 0 Å². The zero-order valence-electron chi connectivity index (χ0n) is 17.1. The summed E-state index contributed by atoms with van der Waals surface area (Å²) < 4.78 is 33.7. The lowest BCUT2D eigenvalue weighted by molar-refractivity contribution is 0.0586. The Morgan fingerprint density at radius 2 is 2.06 bits per heavy atom. The van der Waals surface area contributed by atoms with E-state index in [0.717, 1.165) is 25.9 Å². The van der Waals surface area contributed by atoms with Crippen LogP contribution in [0.3, 0.4) is 0 Å². The van der Waals surface area contributed by atoms with Crippen molar-refractivity contribution >= 4 is 38.1 Å². The molecule has 2 heterocycles. The maximum absolute atomic E-state index is 12.5. The summed E-state index contributed by atoms with van der Waals surface area (Å²) in [4.78, 5) is 6.48. The molecule has 1 unspecified atom stereocenters. The van der Waals surface area contributed by atoms with Crippen LogP contribution in [0.25, 0.3) is 0 Å². The Morgan fingerprint density at radius 3 is 2.74 bits per heavy atom. The van der Waals surface area contributed by atoms with Gasteiger partial charge in [-0.1, -0.05) is 41.9 Å². The van der Waals surface area contributed by atoms with Gasteiger partial charge in [-0.05, 0) is 43.5 Å². The predicted molar refractivity (Wildman–Crippen MR) is 124 cm³/mol. The molecule has 0 amide bonds. The molecular formula is C22H24ClN3O3S2. The van der Waals surface area contributed by atoms with E-state index in [1.165, 1.54) is 29.0 Å². The third-order valence-electron chi connectivity index (χ3n) is 5.36. The topological polar surface area (TPSA) is 71.5 Å². The predicted octanol–water partition coefficient (Wildman–Crippen LogP) is 5.03. The molecule has 6 nitrogen and oxygen atoms in total. The fraction of sp³-hybridized carbons (Fsp3) is 0.318. The number of ether oxygens (including phenoxy) is 1. The molecule has 1 aliphatic heterocycles. The quantitative estimate of drug-likeness (QED) is 0.516. The highest BCUT2D eigenvalue weighted by Gasteiger charge is 2.27. The summed E-state index contributed by atoms with van der Waals surface area (Å²) in [6.45, 7) is 4.07. The molecule has 9 heteroatoms. The van der Waals surface area contributed by atoms with E-state index in [2.05, 4.69) is 45.8 Å². The van der Waals surface area contributed by atoms with Crippen LogP contribution in [0.4, 0.5) is 5.13 Å². The lowest BCUT2D eigenvalue weighted by Gasteiger charge is -2.37. The number of piperidine rings is 1. The number of nitrogens with zero attached hydrogens (tertiary/aromatic N) is 2. The van der Waals surface area contributed by atoms with Gasteiger partial charge in [0.25, 0.3) is 10.0 Å². The molecule has 3 aromatic rings. The van der Waals surface area contributed by atoms with E-state index in [0.29, 0.717) is 16.9 Å². The SMILES string of the molecule is CC1C[C@@H](Oc2ccc(S(=O)(=O)Nc3nccs3)cc2Cl)CCN1Cc1ccccc1. The Bertz CT molecular complexity index is 1110. The van der Waals surface area contributed by atoms with Crippen molar-refractivity contribution in [1.29, 1.82) is 0 Å². The number of nitrogens with one attached hydrogen (secondary N) is 1. The first-order chi connectivity index (χ1) is 14.9. The number of sulfonamides is 1. The van der Waals surface area contributed by atoms with Crippen LogP contribution in [0.1, 0.15) is 25.3 Å². The van der Waals surface area contributed by atoms with Gasteiger partial charge in [0.15, 0.2) is 5.13 Å². The van der Waals surface area contributed by atoms with Crippen LogP contribution in [0, 0.1) is 0 Å². The first-order valence-electron chi connectivity index (χ1n) is 10.1. The molecule has 4 rings (SSSR count). The lowest BCUT2D eigenvalue weighted by Crippen LogP contribution is -2.43. The maximum atomic E-state index is 12.5. The highest BCUT2D eigenvalue weighted by molar-refractivity contribution is 7.93. The largest absolute Gasteiger partial charge is 0.489 e. The Kier molecular flexibility index (Phi) is 6.81. The molecule has 1 aliphatic rings. The maximum Gasteiger partial charge on any atom is 0.263 e. The first-order valence-corrected chi connectivity index (χ1v) is 12.8. The normalized spacial score (nSPS) is 19.8. The Labute approximate surface area is 191 Å². The van der Waals surface area contributed by atoms with Gasteiger partial charge in [0.2, 0.25) is 0 Å². The molecular weight excluding hydrogens is 454 g/mol. The Hall–Kier alpha value is -2.13. The molecule has 164 valence electrons. The molecule has 2 aromatic carbocycles. The molecule has 1 aromatic heterocycles. The molecule has 0 spiro atoms. The van der Waals surface area contributed by atoms with E-state index >= 15 is 0 Å². The van der Waals surface area contributed by atoms with Crippen LogP contribution in [-0.4, -0.2) is 37.0 Å². The van der Waals surface area contributed by atoms with E-state index in [-0.39, 0.29) is 16.0 Å². The van der Waals surface area contributed by atoms with Crippen molar-refractivity contribution in [1.82, 2.24) is 9.88 Å². The number of thiazole rings is 1. The Balaban J connectivity index is 1.37. The number of rotatable bonds is 7. The van der Waals surface area contributed by atoms with Gasteiger partial charge in [-0.3, -0.25) is 9.62 Å². The molecule has 0 radical (unpaired) electrons. The van der Waals surface area contributed by atoms with Gasteiger partial charge in [-0.25, -0.2) is 13.4 Å². The minimum absolute atomic E-state index is 0.0374. The Morgan fingerprint density at radius 1 is 1.26 bits per heavy atom. The lowest BCUT2D eigenvalue weighted by atomic mass is 9.99. The fourth-order valence-electron chi connectivity index (χ4n) is 3.71. The summed E-state index contributed by atoms with van der Waals surface area (Å²) >= 11 is 7.58. The highest BCUT2D eigenvalue weighted by atomic mass is 35.5. The van der Waals surface area contributed by atoms with Crippen LogP contribution in [0.5, 0.6) is 5.75 Å². The van der Waals surface area contributed by atoms with Crippen molar-refractivity contribution in [2.45, 2.75) is 43.4 Å². The smallest absolute Gasteiger partial charge is 0.263 e. The number of hydrogen-bond donors (Lipinski definition) is 1. The average molecular weight is 478 g/mol. The summed E-state index contributed by atoms with van der Waals surface area (Å²) in [6.07, 6.45) is 3.35. The minimum Gasteiger partial charge on any atom is -0.489 e. The second-order valence-corrected chi connectivity index (χ2v) is 10.6. The number of aromatic nitrogens is 1. The molecule has 1 fully saturated rings. The molecule has 0 bridgehead atoms. The fourth-order valence-corrected chi connectivity index (χ4v) is 5.81. The number of likely N-dealkylation sites (tertiary alicyclic amines) is 1. The molecule has 2 atom stereocenters. The third kappa shape index (κ3) is 5.57. The van der Waals surface area contributed by atoms with Crippen molar-refractivity contribution < 1.29 is 13.2 Å². The number of halogens is 1. The summed E-state index contributed by atoms with van der Waals surface area (Å²) in [6, 6.07) is 15.4. The van der Waals surface area contributed by atoms with E-state index in [1.807, 2.05) is 6.07 Å². The van der Waals surface area contributed by atoms with E-state index in [1.54, 1.807) is 17.6 Å². The van der Waals surface area contributed by atoms with Crippen LogP contribution >= 0.6 is 22.9 Å². The average Bonchev–Trinajstić information content (AvgIpc) is 3.24. The van der Waals surface area contributed by atoms with Crippen molar-refractivity contribution in [2.75, 3.05) is 11.3 Å². The van der Waals surface area contributed by atoms with Crippen LogP contribution < -0.4 is 9.46 Å². The molecule has 1 saturated heterocycles. The standard InChI is InChI=1S/C22H24ClN3O3S2/c1-16-13-18(9-11-26(16)15-17-5-3-2-4-6-17)29-21-8-7-19(14-20(21)23)31(27,28)25-22-24-10-12-30-22/h2-8,10,12,14,16,18H,9,11,13,15H2,1H3,(H,24,25)/t16?,18-/m0/s1. The number of hydrogen-bond acceptors (Lipinski definition) is 6. The second kappa shape index (κ2) is 9.56. The molecule has 0 saturated carbocycles. The zero-order chi connectivity index (χ0) is 21.8. The third-order valence-corrected chi connectivity index (χ3v) is 7.81. The van der Waals surface area contributed by atoms with Crippen LogP contribution in [-0.2, 0) is 16.6 Å². The monoisotopic (exact) mass is 477 g/mol. The van der Waals surface area contributed by atoms with Gasteiger partial charge in [-0.2, -0.15) is 0 Å². The molecule has 31 heavy (non-hydrogen) atoms. The number of benzene rings is 2. The summed E-state index contributed by atoms with van der Waals surface area (Å²) in [5.41, 5.74) is 1.31. The first kappa shape index (κ1) is 22.1. The highest BCUT2D eigenvalue weighted by Crippen LogP contribution is 2.32. The molecule has 1 N–H and O–H groups in total. The van der Waals surface area contributed by atoms with E-state index in [4.69, 9.17) is 16.3 Å². The van der Waals surface area contributed by atoms with Crippen LogP contribution in [0.15, 0.2) is 65.0 Å². The summed E-state index contributed by atoms with van der Waals surface area (Å²) in [7, 11) is -3.75. The van der Waals surface area contributed by atoms with Crippen molar-refractivity contribution in [3.05, 3.63) is 70.7 Å². The van der Waals surface area contributed by atoms with Crippen LogP contribution in [0.2, 0.25) is 5.02 Å². The summed E-state index contributed by atoms with van der Waals surface area (Å²) in [5.74, 6) is 0.503. The van der Waals surface area contributed by atoms with Gasteiger partial charge in [0, 0.05) is 30.7 Å². The molecule has 0 aliphatic carbocycles. The van der Waals surface area contributed by atoms with Gasteiger partial charge >= 0.3 is 0 Å². The minimum atomic E-state index is -3.75. The second-order valence-electron chi connectivity index (χ2n) is 7.60. The van der Waals surface area contributed by atoms with Crippen molar-refractivity contribution in [3.63, 3.8) is 0 Å². The van der Waals surface area contributed by atoms with Crippen molar-refractivity contribution in [3.8, 4) is 5.75 Å². The van der Waals surface area contributed by atoms with Gasteiger partial charge in [0.05, 0.1) is 9.92 Å². The van der Waals surface area contributed by atoms with E-state index in [9.17, 15) is 8.42 Å². The van der Waals surface area contributed by atoms with Gasteiger partial charge in [0.1, 0.15) is 11.9 Å². The number of anilines is 1. The van der Waals surface area contributed by atoms with Gasteiger partial charge < -0.3 is 4.74 Å². The summed E-state index contributed by atoms with van der Waals surface area (Å²) in [5, 5.41) is 2.29. The van der Waals surface area contributed by atoms with Gasteiger partial charge in [-0.15, -0.1) is 11.3 Å². The zero-order valence-corrected chi connectivity index (χ0v) is 19.5. The van der Waals surface area contributed by atoms with E-state index < -0.39 is 10.0 Å².